The van der Waals surface area contributed by atoms with E-state index in [2.05, 4.69) is 20.5 Å². The number of aromatic amines is 1. The van der Waals surface area contributed by atoms with Crippen LogP contribution in [0.3, 0.4) is 0 Å². The molecule has 0 atom stereocenters. The van der Waals surface area contributed by atoms with Crippen molar-refractivity contribution in [1.29, 1.82) is 5.26 Å². The van der Waals surface area contributed by atoms with Gasteiger partial charge in [0.2, 0.25) is 0 Å². The van der Waals surface area contributed by atoms with Gasteiger partial charge in [-0.2, -0.15) is 10.4 Å². The molecule has 0 aromatic carbocycles. The number of pyridine rings is 1. The van der Waals surface area contributed by atoms with Crippen LogP contribution < -0.4 is 5.32 Å². The molecule has 74 valence electrons. The average molecular weight is 199 g/mol. The zero-order valence-electron chi connectivity index (χ0n) is 7.94. The van der Waals surface area contributed by atoms with Crippen LogP contribution in [0, 0.1) is 11.3 Å². The maximum atomic E-state index is 8.56. The molecule has 5 nitrogen and oxygen atoms in total. The fourth-order valence-corrected chi connectivity index (χ4v) is 1.14. The van der Waals surface area contributed by atoms with Crippen molar-refractivity contribution in [2.75, 3.05) is 5.32 Å². The zero-order chi connectivity index (χ0) is 10.5. The second-order valence-corrected chi connectivity index (χ2v) is 3.00. The summed E-state index contributed by atoms with van der Waals surface area (Å²) in [6.07, 6.45) is 5.22. The molecule has 0 aliphatic carbocycles. The fourth-order valence-electron chi connectivity index (χ4n) is 1.14. The second kappa shape index (κ2) is 4.24. The van der Waals surface area contributed by atoms with Crippen molar-refractivity contribution >= 4 is 5.69 Å². The molecule has 0 amide bonds. The summed E-state index contributed by atoms with van der Waals surface area (Å²) in [6.45, 7) is 0.685. The SMILES string of the molecule is N#Cc1ccc(NCc2cn[nH]c2)cn1. The number of aromatic nitrogens is 3. The lowest BCUT2D eigenvalue weighted by atomic mass is 10.3. The molecule has 0 fully saturated rings. The predicted octanol–water partition coefficient (Wildman–Crippen LogP) is 1.29. The van der Waals surface area contributed by atoms with E-state index in [1.54, 1.807) is 18.5 Å². The first-order chi connectivity index (χ1) is 7.38. The third-order valence-electron chi connectivity index (χ3n) is 1.93. The Morgan fingerprint density at radius 1 is 1.40 bits per heavy atom. The van der Waals surface area contributed by atoms with Crippen molar-refractivity contribution in [2.45, 2.75) is 6.54 Å². The summed E-state index contributed by atoms with van der Waals surface area (Å²) in [5.74, 6) is 0. The van der Waals surface area contributed by atoms with Crippen LogP contribution in [0.2, 0.25) is 0 Å². The largest absolute Gasteiger partial charge is 0.380 e. The van der Waals surface area contributed by atoms with Gasteiger partial charge in [-0.25, -0.2) is 4.98 Å². The van der Waals surface area contributed by atoms with E-state index in [1.165, 1.54) is 0 Å². The number of rotatable bonds is 3. The molecule has 2 N–H and O–H groups in total. The van der Waals surface area contributed by atoms with Gasteiger partial charge in [0.15, 0.2) is 0 Å². The lowest BCUT2D eigenvalue weighted by molar-refractivity contribution is 1.09. The summed E-state index contributed by atoms with van der Waals surface area (Å²) in [4.78, 5) is 3.95. The van der Waals surface area contributed by atoms with E-state index in [4.69, 9.17) is 5.26 Å². The maximum Gasteiger partial charge on any atom is 0.140 e. The van der Waals surface area contributed by atoms with Gasteiger partial charge in [0.1, 0.15) is 11.8 Å². The van der Waals surface area contributed by atoms with Crippen LogP contribution in [0.25, 0.3) is 0 Å². The number of anilines is 1. The molecular formula is C10H9N5. The molecule has 0 unspecified atom stereocenters. The van der Waals surface area contributed by atoms with Crippen LogP contribution in [-0.2, 0) is 6.54 Å². The zero-order valence-corrected chi connectivity index (χ0v) is 7.94. The summed E-state index contributed by atoms with van der Waals surface area (Å²) in [5, 5.41) is 18.3. The molecule has 0 spiro atoms. The van der Waals surface area contributed by atoms with Gasteiger partial charge in [0.05, 0.1) is 18.1 Å². The molecule has 2 rings (SSSR count). The van der Waals surface area contributed by atoms with E-state index in [-0.39, 0.29) is 0 Å². The highest BCUT2D eigenvalue weighted by molar-refractivity contribution is 5.43. The molecule has 0 aliphatic rings. The van der Waals surface area contributed by atoms with Crippen LogP contribution in [0.15, 0.2) is 30.7 Å². The molecule has 0 radical (unpaired) electrons. The number of nitrogens with zero attached hydrogens (tertiary/aromatic N) is 3. The standard InChI is InChI=1S/C10H9N5/c11-3-9-1-2-10(7-13-9)12-4-8-5-14-15-6-8/h1-2,5-7,12H,4H2,(H,14,15). The number of H-pyrrole nitrogens is 1. The Labute approximate surface area is 86.8 Å². The lowest BCUT2D eigenvalue weighted by Crippen LogP contribution is -1.98. The van der Waals surface area contributed by atoms with Crippen molar-refractivity contribution in [3.05, 3.63) is 42.0 Å². The quantitative estimate of drug-likeness (QED) is 0.780. The molecule has 5 heteroatoms. The third kappa shape index (κ3) is 2.31. The molecule has 0 saturated carbocycles. The molecule has 2 aromatic rings. The van der Waals surface area contributed by atoms with Crippen LogP contribution in [0.1, 0.15) is 11.3 Å². The maximum absolute atomic E-state index is 8.56. The summed E-state index contributed by atoms with van der Waals surface area (Å²) in [5.41, 5.74) is 2.37. The first-order valence-electron chi connectivity index (χ1n) is 4.46. The number of nitrogens with one attached hydrogen (secondary N) is 2. The molecular weight excluding hydrogens is 190 g/mol. The summed E-state index contributed by atoms with van der Waals surface area (Å²) in [7, 11) is 0. The van der Waals surface area contributed by atoms with E-state index in [9.17, 15) is 0 Å². The van der Waals surface area contributed by atoms with Gasteiger partial charge in [0, 0.05) is 18.3 Å². The van der Waals surface area contributed by atoms with Crippen LogP contribution in [0.5, 0.6) is 0 Å². The Balaban J connectivity index is 1.97. The smallest absolute Gasteiger partial charge is 0.140 e. The van der Waals surface area contributed by atoms with E-state index < -0.39 is 0 Å². The Morgan fingerprint density at radius 2 is 2.33 bits per heavy atom. The first-order valence-corrected chi connectivity index (χ1v) is 4.46. The minimum absolute atomic E-state index is 0.420. The number of hydrogen-bond donors (Lipinski definition) is 2. The highest BCUT2D eigenvalue weighted by atomic mass is 15.1. The van der Waals surface area contributed by atoms with Crippen molar-refractivity contribution < 1.29 is 0 Å². The Bertz CT molecular complexity index is 452. The molecule has 2 aromatic heterocycles. The Hall–Kier alpha value is -2.35. The molecule has 15 heavy (non-hydrogen) atoms. The average Bonchev–Trinajstić information content (AvgIpc) is 2.80. The highest BCUT2D eigenvalue weighted by Crippen LogP contribution is 2.07. The summed E-state index contributed by atoms with van der Waals surface area (Å²) >= 11 is 0. The van der Waals surface area contributed by atoms with Gasteiger partial charge >= 0.3 is 0 Å². The van der Waals surface area contributed by atoms with Gasteiger partial charge in [-0.1, -0.05) is 0 Å². The van der Waals surface area contributed by atoms with Gasteiger partial charge in [-0.3, -0.25) is 5.10 Å². The minimum atomic E-state index is 0.420. The third-order valence-corrected chi connectivity index (χ3v) is 1.93. The Morgan fingerprint density at radius 3 is 2.93 bits per heavy atom. The van der Waals surface area contributed by atoms with Gasteiger partial charge in [0.25, 0.3) is 0 Å². The summed E-state index contributed by atoms with van der Waals surface area (Å²) in [6, 6.07) is 5.47. The molecule has 0 saturated heterocycles. The van der Waals surface area contributed by atoms with Crippen molar-refractivity contribution in [1.82, 2.24) is 15.2 Å². The van der Waals surface area contributed by atoms with Crippen LogP contribution in [-0.4, -0.2) is 15.2 Å². The molecule has 0 bridgehead atoms. The summed E-state index contributed by atoms with van der Waals surface area (Å²) < 4.78 is 0. The fraction of sp³-hybridized carbons (Fsp3) is 0.100. The number of hydrogen-bond acceptors (Lipinski definition) is 4. The predicted molar refractivity (Wildman–Crippen MR) is 54.9 cm³/mol. The second-order valence-electron chi connectivity index (χ2n) is 3.00. The normalized spacial score (nSPS) is 9.53. The van der Waals surface area contributed by atoms with E-state index in [1.807, 2.05) is 18.3 Å². The Kier molecular flexibility index (Phi) is 2.61. The van der Waals surface area contributed by atoms with Crippen molar-refractivity contribution in [3.8, 4) is 6.07 Å². The molecule has 0 aliphatic heterocycles. The van der Waals surface area contributed by atoms with Crippen LogP contribution >= 0.6 is 0 Å². The van der Waals surface area contributed by atoms with Gasteiger partial charge in [-0.05, 0) is 12.1 Å². The monoisotopic (exact) mass is 199 g/mol. The van der Waals surface area contributed by atoms with Gasteiger partial charge < -0.3 is 5.32 Å². The topological polar surface area (TPSA) is 77.4 Å². The highest BCUT2D eigenvalue weighted by Gasteiger charge is 1.96. The van der Waals surface area contributed by atoms with Crippen molar-refractivity contribution in [3.63, 3.8) is 0 Å². The van der Waals surface area contributed by atoms with Gasteiger partial charge in [-0.15, -0.1) is 0 Å². The number of nitriles is 1. The minimum Gasteiger partial charge on any atom is -0.380 e. The first kappa shape index (κ1) is 9.21. The van der Waals surface area contributed by atoms with E-state index in [0.717, 1.165) is 11.3 Å². The van der Waals surface area contributed by atoms with E-state index >= 15 is 0 Å². The van der Waals surface area contributed by atoms with Crippen LogP contribution in [0.4, 0.5) is 5.69 Å². The van der Waals surface area contributed by atoms with Crippen molar-refractivity contribution in [2.24, 2.45) is 0 Å². The lowest BCUT2D eigenvalue weighted by Gasteiger charge is -2.03. The van der Waals surface area contributed by atoms with E-state index in [0.29, 0.717) is 12.2 Å². The molecule has 2 heterocycles.